The van der Waals surface area contributed by atoms with E-state index in [1.54, 1.807) is 5.87 Å². The van der Waals surface area contributed by atoms with Crippen LogP contribution in [0.5, 0.6) is 0 Å². The molecule has 4 nitrogen and oxygen atoms in total. The SMILES string of the molecule is CCOP(=O)(/C=C(\C(C)=C=N)C(F)(F)F)OCC. The Kier molecular flexibility index (Phi) is 6.57. The topological polar surface area (TPSA) is 59.4 Å². The number of hydrogen-bond acceptors (Lipinski definition) is 4. The molecule has 0 aromatic carbocycles. The predicted molar refractivity (Wildman–Crippen MR) is 61.9 cm³/mol. The summed E-state index contributed by atoms with van der Waals surface area (Å²) in [6.07, 6.45) is -4.75. The monoisotopic (exact) mass is 285 g/mol. The average Bonchev–Trinajstić information content (AvgIpc) is 2.24. The van der Waals surface area contributed by atoms with Crippen LogP contribution in [0.25, 0.3) is 0 Å². The molecule has 0 saturated carbocycles. The molecular formula is C10H15F3NO3P. The molecule has 1 N–H and O–H groups in total. The predicted octanol–water partition coefficient (Wildman–Crippen LogP) is 3.89. The van der Waals surface area contributed by atoms with Gasteiger partial charge < -0.3 is 9.05 Å². The zero-order chi connectivity index (χ0) is 14.4. The summed E-state index contributed by atoms with van der Waals surface area (Å²) in [5.41, 5.74) is -1.72. The van der Waals surface area contributed by atoms with Gasteiger partial charge in [-0.15, -0.1) is 0 Å². The van der Waals surface area contributed by atoms with Crippen molar-refractivity contribution >= 4 is 13.5 Å². The molecule has 8 heteroatoms. The molecule has 0 spiro atoms. The lowest BCUT2D eigenvalue weighted by molar-refractivity contribution is -0.0891. The summed E-state index contributed by atoms with van der Waals surface area (Å²) in [5.74, 6) is 2.02. The maximum absolute atomic E-state index is 12.7. The van der Waals surface area contributed by atoms with Crippen LogP contribution in [0.15, 0.2) is 17.0 Å². The fraction of sp³-hybridized carbons (Fsp3) is 0.600. The van der Waals surface area contributed by atoms with E-state index >= 15 is 0 Å². The molecule has 0 aliphatic heterocycles. The van der Waals surface area contributed by atoms with E-state index in [0.717, 1.165) is 6.92 Å². The van der Waals surface area contributed by atoms with Gasteiger partial charge in [0, 0.05) is 11.4 Å². The molecule has 18 heavy (non-hydrogen) atoms. The first-order valence-corrected chi connectivity index (χ1v) is 6.76. The van der Waals surface area contributed by atoms with Crippen LogP contribution in [0.2, 0.25) is 0 Å². The second kappa shape index (κ2) is 6.90. The molecule has 104 valence electrons. The van der Waals surface area contributed by atoms with Crippen molar-refractivity contribution in [1.29, 1.82) is 5.41 Å². The molecule has 0 unspecified atom stereocenters. The third kappa shape index (κ3) is 5.19. The third-order valence-electron chi connectivity index (χ3n) is 1.80. The third-order valence-corrected chi connectivity index (χ3v) is 3.61. The minimum absolute atomic E-state index is 0.0493. The Morgan fingerprint density at radius 2 is 1.78 bits per heavy atom. The Hall–Kier alpha value is -0.870. The second-order valence-corrected chi connectivity index (χ2v) is 5.02. The van der Waals surface area contributed by atoms with Gasteiger partial charge in [-0.2, -0.15) is 13.2 Å². The maximum Gasteiger partial charge on any atom is 0.417 e. The fourth-order valence-corrected chi connectivity index (χ4v) is 2.68. The first-order valence-electron chi connectivity index (χ1n) is 5.15. The largest absolute Gasteiger partial charge is 0.417 e. The van der Waals surface area contributed by atoms with E-state index < -0.39 is 24.9 Å². The molecule has 0 rings (SSSR count). The summed E-state index contributed by atoms with van der Waals surface area (Å²) in [4.78, 5) is 0. The zero-order valence-electron chi connectivity index (χ0n) is 10.3. The maximum atomic E-state index is 12.7. The van der Waals surface area contributed by atoms with E-state index in [-0.39, 0.29) is 13.2 Å². The van der Waals surface area contributed by atoms with Gasteiger partial charge >= 0.3 is 13.8 Å². The number of halogens is 3. The molecule has 0 fully saturated rings. The van der Waals surface area contributed by atoms with Gasteiger partial charge in [-0.1, -0.05) is 0 Å². The van der Waals surface area contributed by atoms with E-state index in [9.17, 15) is 17.7 Å². The zero-order valence-corrected chi connectivity index (χ0v) is 11.2. The van der Waals surface area contributed by atoms with Gasteiger partial charge in [0.15, 0.2) is 0 Å². The van der Waals surface area contributed by atoms with Crippen LogP contribution in [-0.4, -0.2) is 25.3 Å². The van der Waals surface area contributed by atoms with Crippen molar-refractivity contribution in [3.8, 4) is 0 Å². The number of alkyl halides is 3. The summed E-state index contributed by atoms with van der Waals surface area (Å²) in [5, 5.41) is 6.73. The van der Waals surface area contributed by atoms with Crippen molar-refractivity contribution in [2.24, 2.45) is 0 Å². The second-order valence-electron chi connectivity index (χ2n) is 3.17. The molecule has 0 aliphatic carbocycles. The normalized spacial score (nSPS) is 13.3. The minimum Gasteiger partial charge on any atom is -0.306 e. The van der Waals surface area contributed by atoms with Crippen LogP contribution in [0.4, 0.5) is 13.2 Å². The van der Waals surface area contributed by atoms with E-state index in [0.29, 0.717) is 5.82 Å². The van der Waals surface area contributed by atoms with Gasteiger partial charge in [0.1, 0.15) is 0 Å². The summed E-state index contributed by atoms with van der Waals surface area (Å²) in [7, 11) is -3.97. The summed E-state index contributed by atoms with van der Waals surface area (Å²) in [6, 6.07) is 0. The molecule has 0 aliphatic rings. The fourth-order valence-electron chi connectivity index (χ4n) is 1.08. The van der Waals surface area contributed by atoms with E-state index in [1.807, 2.05) is 0 Å². The Morgan fingerprint density at radius 3 is 2.06 bits per heavy atom. The molecule has 0 amide bonds. The van der Waals surface area contributed by atoms with Crippen LogP contribution >= 0.6 is 7.60 Å². The number of allylic oxidation sites excluding steroid dienone is 2. The first-order chi connectivity index (χ1) is 8.20. The van der Waals surface area contributed by atoms with E-state index in [2.05, 4.69) is 0 Å². The number of nitrogens with one attached hydrogen (secondary N) is 1. The number of hydrogen-bond donors (Lipinski definition) is 1. The van der Waals surface area contributed by atoms with Crippen LogP contribution in [-0.2, 0) is 13.6 Å². The number of rotatable bonds is 6. The molecule has 0 radical (unpaired) electrons. The summed E-state index contributed by atoms with van der Waals surface area (Å²) < 4.78 is 59.6. The Balaban J connectivity index is 5.64. The molecule has 0 saturated heterocycles. The highest BCUT2D eigenvalue weighted by atomic mass is 31.2. The molecule has 0 aromatic heterocycles. The van der Waals surface area contributed by atoms with Gasteiger partial charge in [-0.25, -0.2) is 0 Å². The van der Waals surface area contributed by atoms with Gasteiger partial charge in [-0.05, 0) is 26.6 Å². The van der Waals surface area contributed by atoms with E-state index in [4.69, 9.17) is 14.5 Å². The quantitative estimate of drug-likeness (QED) is 0.457. The lowest BCUT2D eigenvalue weighted by Crippen LogP contribution is -2.14. The van der Waals surface area contributed by atoms with Crippen molar-refractivity contribution in [2.45, 2.75) is 26.9 Å². The summed E-state index contributed by atoms with van der Waals surface area (Å²) in [6.45, 7) is 3.94. The molecule has 0 heterocycles. The average molecular weight is 285 g/mol. The minimum atomic E-state index is -4.75. The van der Waals surface area contributed by atoms with Crippen LogP contribution < -0.4 is 0 Å². The van der Waals surface area contributed by atoms with Crippen molar-refractivity contribution < 1.29 is 26.8 Å². The molecule has 0 atom stereocenters. The van der Waals surface area contributed by atoms with Crippen molar-refractivity contribution in [1.82, 2.24) is 0 Å². The smallest absolute Gasteiger partial charge is 0.306 e. The highest BCUT2D eigenvalue weighted by molar-refractivity contribution is 7.57. The highest BCUT2D eigenvalue weighted by Gasteiger charge is 2.38. The van der Waals surface area contributed by atoms with Gasteiger partial charge in [0.05, 0.1) is 18.8 Å². The van der Waals surface area contributed by atoms with Crippen LogP contribution in [0, 0.1) is 5.41 Å². The lowest BCUT2D eigenvalue weighted by atomic mass is 10.1. The Morgan fingerprint density at radius 1 is 1.33 bits per heavy atom. The van der Waals surface area contributed by atoms with E-state index in [1.165, 1.54) is 13.8 Å². The molecule has 0 bridgehead atoms. The first kappa shape index (κ1) is 17.1. The standard InChI is InChI=1S/C10H15F3NO3P/c1-4-16-18(15,17-5-2)7-9(8(3)6-14)10(11,12)13/h7,14H,4-5H2,1-3H3/b9-7+. The van der Waals surface area contributed by atoms with Crippen molar-refractivity contribution in [3.63, 3.8) is 0 Å². The Bertz CT molecular complexity index is 401. The Labute approximate surface area is 104 Å². The van der Waals surface area contributed by atoms with Gasteiger partial charge in [0.2, 0.25) is 0 Å². The van der Waals surface area contributed by atoms with Crippen molar-refractivity contribution in [3.05, 3.63) is 17.0 Å². The van der Waals surface area contributed by atoms with Crippen molar-refractivity contribution in [2.75, 3.05) is 13.2 Å². The van der Waals surface area contributed by atoms with Crippen LogP contribution in [0.3, 0.4) is 0 Å². The molecular weight excluding hydrogens is 270 g/mol. The highest BCUT2D eigenvalue weighted by Crippen LogP contribution is 2.52. The van der Waals surface area contributed by atoms with Gasteiger partial charge in [-0.3, -0.25) is 9.97 Å². The molecule has 0 aromatic rings. The van der Waals surface area contributed by atoms with Gasteiger partial charge in [0.25, 0.3) is 0 Å². The summed E-state index contributed by atoms with van der Waals surface area (Å²) >= 11 is 0. The van der Waals surface area contributed by atoms with Crippen LogP contribution in [0.1, 0.15) is 20.8 Å². The lowest BCUT2D eigenvalue weighted by Gasteiger charge is -2.16.